The average molecular weight is 308 g/mol. The van der Waals surface area contributed by atoms with E-state index in [2.05, 4.69) is 6.07 Å². The molecule has 0 heterocycles. The maximum atomic E-state index is 11.6. The van der Waals surface area contributed by atoms with Gasteiger partial charge in [-0.15, -0.1) is 0 Å². The molecule has 0 spiro atoms. The average Bonchev–Trinajstić information content (AvgIpc) is 2.55. The van der Waals surface area contributed by atoms with Crippen molar-refractivity contribution in [3.63, 3.8) is 0 Å². The Morgan fingerprint density at radius 1 is 1.09 bits per heavy atom. The number of likely N-dealkylation sites (N-methyl/N-ethyl adjacent to an activating group) is 1. The van der Waals surface area contributed by atoms with Gasteiger partial charge in [0.15, 0.2) is 0 Å². The fraction of sp³-hybridized carbons (Fsp3) is 0.222. The molecule has 23 heavy (non-hydrogen) atoms. The topological polar surface area (TPSA) is 73.4 Å². The molecule has 2 rings (SSSR count). The molecule has 0 aliphatic carbocycles. The first kappa shape index (κ1) is 16.5. The molecule has 5 heteroatoms. The van der Waals surface area contributed by atoms with Crippen molar-refractivity contribution in [1.82, 2.24) is 4.90 Å². The number of nitriles is 1. The van der Waals surface area contributed by atoms with Gasteiger partial charge in [0.05, 0.1) is 11.6 Å². The minimum Gasteiger partial charge on any atom is -0.351 e. The highest BCUT2D eigenvalue weighted by atomic mass is 16.2. The lowest BCUT2D eigenvalue weighted by Gasteiger charge is -2.22. The number of rotatable bonds is 5. The number of urea groups is 1. The quantitative estimate of drug-likeness (QED) is 0.923. The molecule has 0 saturated carbocycles. The van der Waals surface area contributed by atoms with E-state index in [-0.39, 0.29) is 0 Å². The van der Waals surface area contributed by atoms with Gasteiger partial charge in [0.1, 0.15) is 0 Å². The predicted molar refractivity (Wildman–Crippen MR) is 92.1 cm³/mol. The van der Waals surface area contributed by atoms with Gasteiger partial charge in [-0.3, -0.25) is 4.90 Å². The van der Waals surface area contributed by atoms with E-state index >= 15 is 0 Å². The second kappa shape index (κ2) is 7.43. The summed E-state index contributed by atoms with van der Waals surface area (Å²) in [5, 5.41) is 8.98. The molecular formula is C18H20N4O. The van der Waals surface area contributed by atoms with E-state index in [1.165, 1.54) is 0 Å². The van der Waals surface area contributed by atoms with Crippen LogP contribution >= 0.6 is 0 Å². The van der Waals surface area contributed by atoms with Crippen LogP contribution in [0.1, 0.15) is 5.56 Å². The Morgan fingerprint density at radius 2 is 1.78 bits per heavy atom. The van der Waals surface area contributed by atoms with Crippen LogP contribution in [0.25, 0.3) is 11.1 Å². The van der Waals surface area contributed by atoms with Crippen molar-refractivity contribution >= 4 is 11.7 Å². The van der Waals surface area contributed by atoms with E-state index in [1.807, 2.05) is 61.5 Å². The number of amides is 2. The second-order valence-electron chi connectivity index (χ2n) is 5.53. The summed E-state index contributed by atoms with van der Waals surface area (Å²) in [5.74, 6) is 0. The minimum atomic E-state index is -0.467. The summed E-state index contributed by atoms with van der Waals surface area (Å²) in [6.07, 6.45) is 0. The number of carbonyl (C=O) groups is 1. The zero-order chi connectivity index (χ0) is 16.8. The molecule has 0 fully saturated rings. The fourth-order valence-corrected chi connectivity index (χ4v) is 2.27. The van der Waals surface area contributed by atoms with E-state index in [0.717, 1.165) is 23.4 Å². The summed E-state index contributed by atoms with van der Waals surface area (Å²) in [5.41, 5.74) is 8.82. The van der Waals surface area contributed by atoms with Gasteiger partial charge in [0.2, 0.25) is 0 Å². The van der Waals surface area contributed by atoms with Crippen molar-refractivity contribution in [2.75, 3.05) is 32.1 Å². The van der Waals surface area contributed by atoms with Gasteiger partial charge in [-0.25, -0.2) is 4.79 Å². The SMILES string of the molecule is CN(C)CCN(C(N)=O)c1ccc(-c2cccc(C#N)c2)cc1. The molecule has 2 N–H and O–H groups in total. The van der Waals surface area contributed by atoms with Crippen LogP contribution in [0.15, 0.2) is 48.5 Å². The highest BCUT2D eigenvalue weighted by molar-refractivity contribution is 5.91. The Labute approximate surface area is 136 Å². The Kier molecular flexibility index (Phi) is 5.34. The van der Waals surface area contributed by atoms with Gasteiger partial charge in [0, 0.05) is 18.8 Å². The number of anilines is 1. The first-order valence-electron chi connectivity index (χ1n) is 7.33. The Balaban J connectivity index is 2.23. The van der Waals surface area contributed by atoms with Crippen molar-refractivity contribution in [3.8, 4) is 17.2 Å². The number of carbonyl (C=O) groups excluding carboxylic acids is 1. The third kappa shape index (κ3) is 4.31. The van der Waals surface area contributed by atoms with E-state index in [9.17, 15) is 4.79 Å². The van der Waals surface area contributed by atoms with Crippen LogP contribution in [0, 0.1) is 11.3 Å². The standard InChI is InChI=1S/C18H20N4O/c1-21(2)10-11-22(18(20)23)17-8-6-15(7-9-17)16-5-3-4-14(12-16)13-19/h3-9,12H,10-11H2,1-2H3,(H2,20,23). The van der Waals surface area contributed by atoms with E-state index < -0.39 is 6.03 Å². The summed E-state index contributed by atoms with van der Waals surface area (Å²) in [7, 11) is 3.90. The molecule has 2 aromatic rings. The van der Waals surface area contributed by atoms with E-state index in [4.69, 9.17) is 11.0 Å². The Bertz CT molecular complexity index is 717. The van der Waals surface area contributed by atoms with E-state index in [1.54, 1.807) is 11.0 Å². The van der Waals surface area contributed by atoms with Crippen molar-refractivity contribution in [3.05, 3.63) is 54.1 Å². The molecule has 0 unspecified atom stereocenters. The minimum absolute atomic E-state index is 0.467. The lowest BCUT2D eigenvalue weighted by Crippen LogP contribution is -2.40. The molecular weight excluding hydrogens is 288 g/mol. The molecule has 2 aromatic carbocycles. The number of hydrogen-bond donors (Lipinski definition) is 1. The maximum Gasteiger partial charge on any atom is 0.319 e. The van der Waals surface area contributed by atoms with Gasteiger partial charge in [-0.05, 0) is 49.5 Å². The van der Waals surface area contributed by atoms with Crippen LogP contribution < -0.4 is 10.6 Å². The summed E-state index contributed by atoms with van der Waals surface area (Å²) in [4.78, 5) is 15.2. The number of primary amides is 1. The molecule has 5 nitrogen and oxygen atoms in total. The van der Waals surface area contributed by atoms with Gasteiger partial charge in [-0.2, -0.15) is 5.26 Å². The van der Waals surface area contributed by atoms with Gasteiger partial charge >= 0.3 is 6.03 Å². The molecule has 0 aliphatic heterocycles. The molecule has 0 saturated heterocycles. The first-order valence-corrected chi connectivity index (χ1v) is 7.33. The lowest BCUT2D eigenvalue weighted by molar-refractivity contribution is 0.253. The van der Waals surface area contributed by atoms with Crippen LogP contribution in [0.3, 0.4) is 0 Å². The highest BCUT2D eigenvalue weighted by Gasteiger charge is 2.12. The summed E-state index contributed by atoms with van der Waals surface area (Å²) >= 11 is 0. The molecule has 2 amide bonds. The largest absolute Gasteiger partial charge is 0.351 e. The summed E-state index contributed by atoms with van der Waals surface area (Å²) in [6, 6.07) is 16.7. The number of hydrogen-bond acceptors (Lipinski definition) is 3. The molecule has 0 bridgehead atoms. The third-order valence-electron chi connectivity index (χ3n) is 3.54. The van der Waals surface area contributed by atoms with Crippen LogP contribution in [0.2, 0.25) is 0 Å². The predicted octanol–water partition coefficient (Wildman–Crippen LogP) is 2.67. The van der Waals surface area contributed by atoms with Crippen LogP contribution in [0.4, 0.5) is 10.5 Å². The van der Waals surface area contributed by atoms with Gasteiger partial charge in [0.25, 0.3) is 0 Å². The Hall–Kier alpha value is -2.84. The zero-order valence-corrected chi connectivity index (χ0v) is 13.4. The van der Waals surface area contributed by atoms with Crippen LogP contribution in [-0.4, -0.2) is 38.1 Å². The van der Waals surface area contributed by atoms with Gasteiger partial charge < -0.3 is 10.6 Å². The van der Waals surface area contributed by atoms with Crippen molar-refractivity contribution < 1.29 is 4.79 Å². The number of benzene rings is 2. The van der Waals surface area contributed by atoms with Crippen LogP contribution in [-0.2, 0) is 0 Å². The van der Waals surface area contributed by atoms with Crippen molar-refractivity contribution in [1.29, 1.82) is 5.26 Å². The second-order valence-corrected chi connectivity index (χ2v) is 5.53. The Morgan fingerprint density at radius 3 is 2.35 bits per heavy atom. The normalized spacial score (nSPS) is 10.3. The van der Waals surface area contributed by atoms with Crippen molar-refractivity contribution in [2.24, 2.45) is 5.73 Å². The molecule has 0 aliphatic rings. The first-order chi connectivity index (χ1) is 11.0. The number of nitrogens with two attached hydrogens (primary N) is 1. The molecule has 118 valence electrons. The molecule has 0 atom stereocenters. The number of nitrogens with zero attached hydrogens (tertiary/aromatic N) is 3. The van der Waals surface area contributed by atoms with Gasteiger partial charge in [-0.1, -0.05) is 24.3 Å². The van der Waals surface area contributed by atoms with Crippen molar-refractivity contribution in [2.45, 2.75) is 0 Å². The smallest absolute Gasteiger partial charge is 0.319 e. The highest BCUT2D eigenvalue weighted by Crippen LogP contribution is 2.24. The summed E-state index contributed by atoms with van der Waals surface area (Å²) in [6.45, 7) is 1.26. The fourth-order valence-electron chi connectivity index (χ4n) is 2.27. The third-order valence-corrected chi connectivity index (χ3v) is 3.54. The van der Waals surface area contributed by atoms with E-state index in [0.29, 0.717) is 12.1 Å². The maximum absolute atomic E-state index is 11.6. The lowest BCUT2D eigenvalue weighted by atomic mass is 10.0. The monoisotopic (exact) mass is 308 g/mol. The molecule has 0 radical (unpaired) electrons. The zero-order valence-electron chi connectivity index (χ0n) is 13.4. The molecule has 0 aromatic heterocycles. The van der Waals surface area contributed by atoms with Crippen LogP contribution in [0.5, 0.6) is 0 Å². The summed E-state index contributed by atoms with van der Waals surface area (Å²) < 4.78 is 0.